The number of ether oxygens (including phenoxy) is 1. The second-order valence-electron chi connectivity index (χ2n) is 6.00. The second-order valence-corrected chi connectivity index (χ2v) is 8.34. The lowest BCUT2D eigenvalue weighted by Gasteiger charge is -2.52. The zero-order chi connectivity index (χ0) is 13.4. The minimum Gasteiger partial charge on any atom is -0.469 e. The van der Waals surface area contributed by atoms with Crippen LogP contribution in [-0.2, 0) is 9.53 Å². The van der Waals surface area contributed by atoms with Gasteiger partial charge in [-0.05, 0) is 44.4 Å². The van der Waals surface area contributed by atoms with Gasteiger partial charge in [-0.25, -0.2) is 0 Å². The molecule has 0 heterocycles. The fourth-order valence-electron chi connectivity index (χ4n) is 4.05. The highest BCUT2D eigenvalue weighted by Crippen LogP contribution is 2.64. The van der Waals surface area contributed by atoms with Gasteiger partial charge in [0.25, 0.3) is 0 Å². The van der Waals surface area contributed by atoms with Gasteiger partial charge < -0.3 is 4.74 Å². The van der Waals surface area contributed by atoms with Crippen LogP contribution in [0.2, 0.25) is 0 Å². The molecular formula is C15H24O2P+. The molecule has 0 saturated heterocycles. The van der Waals surface area contributed by atoms with Crippen molar-refractivity contribution in [3.05, 3.63) is 12.7 Å². The molecule has 0 aromatic carbocycles. The normalized spacial score (nSPS) is 39.2. The van der Waals surface area contributed by atoms with E-state index in [-0.39, 0.29) is 18.9 Å². The van der Waals surface area contributed by atoms with Gasteiger partial charge in [-0.2, -0.15) is 0 Å². The molecule has 2 atom stereocenters. The average Bonchev–Trinajstić information content (AvgIpc) is 2.39. The number of fused-ring (bicyclic) bond motifs is 3. The Labute approximate surface area is 111 Å². The topological polar surface area (TPSA) is 26.3 Å². The minimum absolute atomic E-state index is 0.00661. The fourth-order valence-corrected chi connectivity index (χ4v) is 5.57. The number of hydrogen-bond donors (Lipinski definition) is 0. The minimum atomic E-state index is -0.226. The Bertz CT molecular complexity index is 378. The molecule has 0 aromatic rings. The summed E-state index contributed by atoms with van der Waals surface area (Å²) in [5.41, 5.74) is -0.226. The first kappa shape index (κ1) is 13.8. The van der Waals surface area contributed by atoms with E-state index in [0.29, 0.717) is 11.1 Å². The maximum absolute atomic E-state index is 12.2. The molecule has 0 spiro atoms. The molecule has 2 unspecified atom stereocenters. The molecule has 3 heteroatoms. The lowest BCUT2D eigenvalue weighted by atomic mass is 9.54. The van der Waals surface area contributed by atoms with Crippen LogP contribution in [0.4, 0.5) is 0 Å². The third kappa shape index (κ3) is 1.86. The van der Waals surface area contributed by atoms with Crippen molar-refractivity contribution in [1.29, 1.82) is 0 Å². The first-order valence-electron chi connectivity index (χ1n) is 6.74. The van der Waals surface area contributed by atoms with Crippen LogP contribution in [0.1, 0.15) is 38.5 Å². The second kappa shape index (κ2) is 4.81. The summed E-state index contributed by atoms with van der Waals surface area (Å²) in [6.45, 7) is 6.15. The van der Waals surface area contributed by atoms with Crippen LogP contribution < -0.4 is 0 Å². The molecule has 3 fully saturated rings. The Balaban J connectivity index is 2.32. The van der Waals surface area contributed by atoms with Crippen LogP contribution >= 0.6 is 7.55 Å². The quantitative estimate of drug-likeness (QED) is 0.442. The summed E-state index contributed by atoms with van der Waals surface area (Å²) in [7, 11) is 1.34. The van der Waals surface area contributed by atoms with Gasteiger partial charge in [-0.15, -0.1) is 6.58 Å². The van der Waals surface area contributed by atoms with Gasteiger partial charge in [-0.3, -0.25) is 4.79 Å². The smallest absolute Gasteiger partial charge is 0.312 e. The highest BCUT2D eigenvalue weighted by molar-refractivity contribution is 7.56. The van der Waals surface area contributed by atoms with Crippen molar-refractivity contribution in [3.63, 3.8) is 0 Å². The molecule has 0 amide bonds. The lowest BCUT2D eigenvalue weighted by Crippen LogP contribution is -2.54. The van der Waals surface area contributed by atoms with E-state index < -0.39 is 0 Å². The first-order valence-corrected chi connectivity index (χ1v) is 8.72. The molecule has 0 radical (unpaired) electrons. The summed E-state index contributed by atoms with van der Waals surface area (Å²) in [5, 5.41) is 0.415. The van der Waals surface area contributed by atoms with Crippen molar-refractivity contribution in [2.75, 3.05) is 13.8 Å². The zero-order valence-electron chi connectivity index (χ0n) is 11.6. The van der Waals surface area contributed by atoms with E-state index in [2.05, 4.69) is 19.5 Å². The Morgan fingerprint density at radius 3 is 2.50 bits per heavy atom. The fraction of sp³-hybridized carbons (Fsp3) is 0.733. The van der Waals surface area contributed by atoms with Crippen molar-refractivity contribution in [2.24, 2.45) is 11.3 Å². The van der Waals surface area contributed by atoms with Gasteiger partial charge >= 0.3 is 5.97 Å². The number of carbonyl (C=O) groups is 1. The molecule has 18 heavy (non-hydrogen) atoms. The number of esters is 1. The van der Waals surface area contributed by atoms with Gasteiger partial charge in [0.1, 0.15) is 5.16 Å². The summed E-state index contributed by atoms with van der Waals surface area (Å²) in [6.07, 6.45) is 12.6. The predicted molar refractivity (Wildman–Crippen MR) is 78.5 cm³/mol. The summed E-state index contributed by atoms with van der Waals surface area (Å²) in [5.74, 6) is 0.420. The number of methoxy groups -OCH3 is 1. The zero-order valence-corrected chi connectivity index (χ0v) is 12.5. The van der Waals surface area contributed by atoms with E-state index in [1.807, 2.05) is 6.08 Å². The molecule has 0 aromatic heterocycles. The molecule has 3 saturated carbocycles. The molecule has 3 aliphatic carbocycles. The highest BCUT2D eigenvalue weighted by atomic mass is 31.1. The largest absolute Gasteiger partial charge is 0.469 e. The number of allylic oxidation sites excluding steroid dienone is 1. The van der Waals surface area contributed by atoms with Crippen molar-refractivity contribution in [2.45, 2.75) is 43.7 Å². The monoisotopic (exact) mass is 267 g/mol. The average molecular weight is 267 g/mol. The summed E-state index contributed by atoms with van der Waals surface area (Å²) < 4.78 is 5.09. The van der Waals surface area contributed by atoms with Crippen LogP contribution in [0.5, 0.6) is 0 Å². The SMILES string of the molecule is C=CCC1CC2([P+](=C)C)CCC1(C(=O)OC)CC2. The van der Waals surface area contributed by atoms with Gasteiger partial charge in [0.15, 0.2) is 0 Å². The van der Waals surface area contributed by atoms with Crippen LogP contribution in [0.15, 0.2) is 12.7 Å². The van der Waals surface area contributed by atoms with Crippen LogP contribution in [0, 0.1) is 11.3 Å². The van der Waals surface area contributed by atoms with Gasteiger partial charge in [0.05, 0.1) is 33.0 Å². The highest BCUT2D eigenvalue weighted by Gasteiger charge is 2.61. The first-order chi connectivity index (χ1) is 8.50. The van der Waals surface area contributed by atoms with E-state index >= 15 is 0 Å². The Kier molecular flexibility index (Phi) is 3.69. The predicted octanol–water partition coefficient (Wildman–Crippen LogP) is 3.60. The van der Waals surface area contributed by atoms with Gasteiger partial charge in [0, 0.05) is 0 Å². The molecule has 0 aliphatic heterocycles. The number of hydrogen-bond acceptors (Lipinski definition) is 2. The molecule has 3 rings (SSSR count). The van der Waals surface area contributed by atoms with E-state index in [9.17, 15) is 4.79 Å². The molecular weight excluding hydrogens is 243 g/mol. The van der Waals surface area contributed by atoms with E-state index in [4.69, 9.17) is 4.74 Å². The molecule has 100 valence electrons. The van der Waals surface area contributed by atoms with Gasteiger partial charge in [-0.1, -0.05) is 6.08 Å². The van der Waals surface area contributed by atoms with E-state index in [1.165, 1.54) is 7.11 Å². The summed E-state index contributed by atoms with van der Waals surface area (Å²) >= 11 is 0. The van der Waals surface area contributed by atoms with Crippen LogP contribution in [-0.4, -0.2) is 31.2 Å². The van der Waals surface area contributed by atoms with Crippen LogP contribution in [0.25, 0.3) is 0 Å². The third-order valence-electron chi connectivity index (χ3n) is 5.33. The summed E-state index contributed by atoms with van der Waals surface area (Å²) in [6, 6.07) is 0. The van der Waals surface area contributed by atoms with Gasteiger partial charge in [0.2, 0.25) is 0 Å². The van der Waals surface area contributed by atoms with Crippen molar-refractivity contribution in [3.8, 4) is 0 Å². The standard InChI is InChI=1S/C15H24O2P/c1-5-6-12-11-14(18(3)4)7-9-15(12,10-8-14)13(16)17-2/h5,12H,1,3,6-11H2,2,4H3/q+1. The van der Waals surface area contributed by atoms with Crippen LogP contribution in [0.3, 0.4) is 0 Å². The third-order valence-corrected chi connectivity index (χ3v) is 7.58. The van der Waals surface area contributed by atoms with Crippen molar-refractivity contribution in [1.82, 2.24) is 0 Å². The number of carbonyl (C=O) groups excluding carboxylic acids is 1. The molecule has 3 aliphatic rings. The summed E-state index contributed by atoms with van der Waals surface area (Å²) in [4.78, 5) is 12.2. The Hall–Kier alpha value is -0.620. The van der Waals surface area contributed by atoms with Crippen molar-refractivity contribution >= 4 is 19.8 Å². The maximum Gasteiger partial charge on any atom is 0.312 e. The van der Waals surface area contributed by atoms with Crippen molar-refractivity contribution < 1.29 is 9.53 Å². The maximum atomic E-state index is 12.2. The number of rotatable bonds is 4. The van der Waals surface area contributed by atoms with E-state index in [0.717, 1.165) is 38.5 Å². The molecule has 0 N–H and O–H groups in total. The molecule has 2 nitrogen and oxygen atoms in total. The molecule has 2 bridgehead atoms. The lowest BCUT2D eigenvalue weighted by molar-refractivity contribution is -0.164. The Morgan fingerprint density at radius 1 is 1.44 bits per heavy atom. The Morgan fingerprint density at radius 2 is 2.06 bits per heavy atom. The van der Waals surface area contributed by atoms with E-state index in [1.54, 1.807) is 0 Å².